The molecule has 1 aliphatic carbocycles. The van der Waals surface area contributed by atoms with Gasteiger partial charge >= 0.3 is 5.97 Å². The van der Waals surface area contributed by atoms with Crippen molar-refractivity contribution in [2.75, 3.05) is 12.4 Å². The minimum Gasteiger partial charge on any atom is -0.480 e. The number of carbonyl (C=O) groups excluding carboxylic acids is 1. The zero-order chi connectivity index (χ0) is 26.1. The Kier molecular flexibility index (Phi) is 7.54. The Morgan fingerprint density at radius 3 is 2.58 bits per heavy atom. The molecule has 1 saturated carbocycles. The lowest BCUT2D eigenvalue weighted by molar-refractivity contribution is -0.163. The van der Waals surface area contributed by atoms with Gasteiger partial charge in [0.2, 0.25) is 11.8 Å². The standard InChI is InChI=1S/C26H31ClN4O4S/c1-15-10-17(12-18(11-15)30-24-29-13-19(27)21(31-24)34-5)20-14-28-23(36-20)26(33)8-6-16(7-9-26)22(32)35-25(2,3)4/h10-14,16,33H,6-9H2,1-5H3,(H,29,30,31)/t16-,26+. The smallest absolute Gasteiger partial charge is 0.309 e. The number of aryl methyl sites for hydroxylation is 1. The minimum absolute atomic E-state index is 0.188. The molecule has 2 N–H and O–H groups in total. The zero-order valence-corrected chi connectivity index (χ0v) is 22.7. The number of ether oxygens (including phenoxy) is 2. The number of hydrogen-bond donors (Lipinski definition) is 2. The van der Waals surface area contributed by atoms with E-state index < -0.39 is 11.2 Å². The van der Waals surface area contributed by atoms with E-state index in [4.69, 9.17) is 21.1 Å². The summed E-state index contributed by atoms with van der Waals surface area (Å²) in [6, 6.07) is 6.04. The maximum atomic E-state index is 12.5. The van der Waals surface area contributed by atoms with Crippen LogP contribution >= 0.6 is 22.9 Å². The third kappa shape index (κ3) is 6.14. The van der Waals surface area contributed by atoms with Gasteiger partial charge in [0.05, 0.1) is 24.1 Å². The Morgan fingerprint density at radius 2 is 1.92 bits per heavy atom. The molecule has 1 fully saturated rings. The predicted octanol–water partition coefficient (Wildman–Crippen LogP) is 6.03. The minimum atomic E-state index is -1.04. The predicted molar refractivity (Wildman–Crippen MR) is 141 cm³/mol. The fraction of sp³-hybridized carbons (Fsp3) is 0.462. The first kappa shape index (κ1) is 26.3. The third-order valence-electron chi connectivity index (χ3n) is 5.98. The summed E-state index contributed by atoms with van der Waals surface area (Å²) >= 11 is 7.50. The van der Waals surface area contributed by atoms with Crippen LogP contribution in [-0.2, 0) is 15.1 Å². The SMILES string of the molecule is COc1nc(Nc2cc(C)cc(-c3cnc([C@]4(O)CC[C@@H](C(=O)OC(C)(C)C)CC4)s3)c2)ncc1Cl. The Bertz CT molecular complexity index is 1250. The van der Waals surface area contributed by atoms with E-state index in [0.717, 1.165) is 21.7 Å². The molecular formula is C26H31ClN4O4S. The Morgan fingerprint density at radius 1 is 1.19 bits per heavy atom. The van der Waals surface area contributed by atoms with Gasteiger partial charge in [0.1, 0.15) is 21.2 Å². The number of nitrogens with zero attached hydrogens (tertiary/aromatic N) is 3. The topological polar surface area (TPSA) is 106 Å². The summed E-state index contributed by atoms with van der Waals surface area (Å²) in [6.45, 7) is 7.61. The summed E-state index contributed by atoms with van der Waals surface area (Å²) in [5.74, 6) is 0.284. The maximum absolute atomic E-state index is 12.5. The van der Waals surface area contributed by atoms with Crippen molar-refractivity contribution in [3.8, 4) is 16.3 Å². The van der Waals surface area contributed by atoms with Gasteiger partial charge in [0.15, 0.2) is 0 Å². The average molecular weight is 531 g/mol. The summed E-state index contributed by atoms with van der Waals surface area (Å²) in [6.07, 6.45) is 5.37. The van der Waals surface area contributed by atoms with E-state index in [1.54, 1.807) is 6.20 Å². The second kappa shape index (κ2) is 10.3. The van der Waals surface area contributed by atoms with Gasteiger partial charge in [0.25, 0.3) is 0 Å². The number of halogens is 1. The van der Waals surface area contributed by atoms with Crippen LogP contribution in [-0.4, -0.2) is 38.7 Å². The van der Waals surface area contributed by atoms with Crippen LogP contribution in [0.3, 0.4) is 0 Å². The van der Waals surface area contributed by atoms with E-state index in [0.29, 0.717) is 47.5 Å². The second-order valence-electron chi connectivity index (χ2n) is 10.1. The van der Waals surface area contributed by atoms with Crippen LogP contribution in [0.15, 0.2) is 30.6 Å². The first-order valence-electron chi connectivity index (χ1n) is 11.8. The molecule has 0 aliphatic heterocycles. The van der Waals surface area contributed by atoms with Gasteiger partial charge in [0, 0.05) is 11.9 Å². The molecule has 36 heavy (non-hydrogen) atoms. The van der Waals surface area contributed by atoms with Gasteiger partial charge in [-0.25, -0.2) is 9.97 Å². The van der Waals surface area contributed by atoms with Crippen molar-refractivity contribution in [1.82, 2.24) is 15.0 Å². The molecule has 192 valence electrons. The average Bonchev–Trinajstić information content (AvgIpc) is 3.31. The molecule has 3 aromatic rings. The molecule has 0 bridgehead atoms. The van der Waals surface area contributed by atoms with E-state index in [2.05, 4.69) is 26.3 Å². The molecular weight excluding hydrogens is 500 g/mol. The number of hydrogen-bond acceptors (Lipinski definition) is 9. The maximum Gasteiger partial charge on any atom is 0.309 e. The van der Waals surface area contributed by atoms with Crippen molar-refractivity contribution < 1.29 is 19.4 Å². The molecule has 4 rings (SSSR count). The number of aliphatic hydroxyl groups is 1. The van der Waals surface area contributed by atoms with E-state index in [1.165, 1.54) is 24.6 Å². The highest BCUT2D eigenvalue weighted by molar-refractivity contribution is 7.15. The number of benzene rings is 1. The van der Waals surface area contributed by atoms with Gasteiger partial charge in [-0.2, -0.15) is 4.98 Å². The molecule has 2 aromatic heterocycles. The van der Waals surface area contributed by atoms with E-state index >= 15 is 0 Å². The normalized spacial score (nSPS) is 20.1. The van der Waals surface area contributed by atoms with Gasteiger partial charge in [-0.05, 0) is 76.6 Å². The highest BCUT2D eigenvalue weighted by atomic mass is 35.5. The van der Waals surface area contributed by atoms with Crippen LogP contribution in [0.25, 0.3) is 10.4 Å². The van der Waals surface area contributed by atoms with Crippen molar-refractivity contribution in [2.24, 2.45) is 5.92 Å². The lowest BCUT2D eigenvalue weighted by atomic mass is 9.79. The van der Waals surface area contributed by atoms with E-state index in [9.17, 15) is 9.90 Å². The highest BCUT2D eigenvalue weighted by Gasteiger charge is 2.40. The monoisotopic (exact) mass is 530 g/mol. The molecule has 8 nitrogen and oxygen atoms in total. The lowest BCUT2D eigenvalue weighted by Crippen LogP contribution is -2.36. The number of nitrogens with one attached hydrogen (secondary N) is 1. The summed E-state index contributed by atoms with van der Waals surface area (Å²) in [5.41, 5.74) is 1.26. The van der Waals surface area contributed by atoms with Crippen LogP contribution in [0.4, 0.5) is 11.6 Å². The van der Waals surface area contributed by atoms with Gasteiger partial charge in [-0.15, -0.1) is 11.3 Å². The number of anilines is 2. The number of rotatable bonds is 6. The number of aromatic nitrogens is 3. The van der Waals surface area contributed by atoms with Crippen molar-refractivity contribution >= 4 is 40.5 Å². The van der Waals surface area contributed by atoms with Gasteiger partial charge in [-0.1, -0.05) is 17.7 Å². The Balaban J connectivity index is 1.49. The van der Waals surface area contributed by atoms with Crippen molar-refractivity contribution in [1.29, 1.82) is 0 Å². The van der Waals surface area contributed by atoms with Crippen LogP contribution in [0.1, 0.15) is 57.0 Å². The lowest BCUT2D eigenvalue weighted by Gasteiger charge is -2.34. The van der Waals surface area contributed by atoms with Gasteiger partial charge in [-0.3, -0.25) is 4.79 Å². The number of carbonyl (C=O) groups is 1. The second-order valence-corrected chi connectivity index (χ2v) is 11.6. The molecule has 1 aliphatic rings. The van der Waals surface area contributed by atoms with Crippen LogP contribution < -0.4 is 10.1 Å². The van der Waals surface area contributed by atoms with Crippen molar-refractivity contribution in [3.05, 3.63) is 46.2 Å². The highest BCUT2D eigenvalue weighted by Crippen LogP contribution is 2.43. The summed E-state index contributed by atoms with van der Waals surface area (Å²) in [5, 5.41) is 15.6. The molecule has 0 atom stereocenters. The van der Waals surface area contributed by atoms with Crippen molar-refractivity contribution in [2.45, 2.75) is 64.6 Å². The Hall–Kier alpha value is -2.75. The molecule has 10 heteroatoms. The quantitative estimate of drug-likeness (QED) is 0.372. The van der Waals surface area contributed by atoms with Crippen LogP contribution in [0.5, 0.6) is 5.88 Å². The number of thiazole rings is 1. The largest absolute Gasteiger partial charge is 0.480 e. The molecule has 0 amide bonds. The molecule has 0 unspecified atom stereocenters. The molecule has 0 spiro atoms. The fourth-order valence-corrected chi connectivity index (χ4v) is 5.45. The molecule has 2 heterocycles. The van der Waals surface area contributed by atoms with Gasteiger partial charge < -0.3 is 19.9 Å². The van der Waals surface area contributed by atoms with Crippen molar-refractivity contribution in [3.63, 3.8) is 0 Å². The van der Waals surface area contributed by atoms with Crippen LogP contribution in [0.2, 0.25) is 5.02 Å². The van der Waals surface area contributed by atoms with E-state index in [1.807, 2.05) is 39.8 Å². The summed E-state index contributed by atoms with van der Waals surface area (Å²) < 4.78 is 10.7. The molecule has 0 radical (unpaired) electrons. The molecule has 0 saturated heterocycles. The molecule has 1 aromatic carbocycles. The first-order chi connectivity index (χ1) is 17.0. The number of esters is 1. The summed E-state index contributed by atoms with van der Waals surface area (Å²) in [7, 11) is 1.50. The third-order valence-corrected chi connectivity index (χ3v) is 7.48. The van der Waals surface area contributed by atoms with Crippen LogP contribution in [0, 0.1) is 12.8 Å². The fourth-order valence-electron chi connectivity index (χ4n) is 4.23. The van der Waals surface area contributed by atoms with E-state index in [-0.39, 0.29) is 11.9 Å². The zero-order valence-electron chi connectivity index (χ0n) is 21.1. The number of methoxy groups -OCH3 is 1. The Labute approximate surface area is 220 Å². The first-order valence-corrected chi connectivity index (χ1v) is 13.0. The summed E-state index contributed by atoms with van der Waals surface area (Å²) in [4.78, 5) is 26.5.